The molecule has 0 aromatic carbocycles. The van der Waals surface area contributed by atoms with Crippen LogP contribution in [0.25, 0.3) is 0 Å². The fourth-order valence-electron chi connectivity index (χ4n) is 2.87. The SMILES string of the molecule is NC(=O)CCC(N)C(=O)N1CCCC1C(=O)NCC(=O)NC(CC(N)=O)C(=O)O. The van der Waals surface area contributed by atoms with Crippen molar-refractivity contribution in [3.8, 4) is 0 Å². The van der Waals surface area contributed by atoms with Gasteiger partial charge in [-0.2, -0.15) is 0 Å². The van der Waals surface area contributed by atoms with Crippen molar-refractivity contribution in [2.24, 2.45) is 17.2 Å². The molecule has 1 fully saturated rings. The molecule has 1 aliphatic heterocycles. The van der Waals surface area contributed by atoms with E-state index in [4.69, 9.17) is 22.3 Å². The fraction of sp³-hybridized carbons (Fsp3) is 0.625. The van der Waals surface area contributed by atoms with E-state index in [0.29, 0.717) is 19.4 Å². The second-order valence-electron chi connectivity index (χ2n) is 6.65. The smallest absolute Gasteiger partial charge is 0.326 e. The molecule has 13 heteroatoms. The Hall–Kier alpha value is -3.22. The molecular formula is C16H26N6O7. The number of carboxylic acids is 1. The van der Waals surface area contributed by atoms with Crippen molar-refractivity contribution in [1.82, 2.24) is 15.5 Å². The zero-order valence-electron chi connectivity index (χ0n) is 15.8. The average Bonchev–Trinajstić information content (AvgIpc) is 3.12. The Morgan fingerprint density at radius 2 is 1.76 bits per heavy atom. The molecule has 0 saturated carbocycles. The lowest BCUT2D eigenvalue weighted by atomic mass is 10.1. The number of carboxylic acid groups (broad SMARTS) is 1. The highest BCUT2D eigenvalue weighted by Gasteiger charge is 2.36. The minimum absolute atomic E-state index is 0.0534. The van der Waals surface area contributed by atoms with Crippen LogP contribution >= 0.6 is 0 Å². The third kappa shape index (κ3) is 7.73. The molecular weight excluding hydrogens is 388 g/mol. The first-order chi connectivity index (χ1) is 13.5. The quantitative estimate of drug-likeness (QED) is 0.195. The molecule has 3 unspecified atom stereocenters. The number of nitrogens with one attached hydrogen (secondary N) is 2. The van der Waals surface area contributed by atoms with Gasteiger partial charge in [0.05, 0.1) is 19.0 Å². The van der Waals surface area contributed by atoms with Crippen LogP contribution in [0.2, 0.25) is 0 Å². The summed E-state index contributed by atoms with van der Waals surface area (Å²) in [4.78, 5) is 70.6. The Labute approximate surface area is 166 Å². The van der Waals surface area contributed by atoms with E-state index >= 15 is 0 Å². The van der Waals surface area contributed by atoms with Crippen molar-refractivity contribution < 1.29 is 33.9 Å². The van der Waals surface area contributed by atoms with E-state index in [1.807, 2.05) is 0 Å². The molecule has 0 spiro atoms. The highest BCUT2D eigenvalue weighted by molar-refractivity contribution is 5.93. The van der Waals surface area contributed by atoms with Crippen LogP contribution in [0.1, 0.15) is 32.1 Å². The highest BCUT2D eigenvalue weighted by Crippen LogP contribution is 2.19. The number of rotatable bonds is 11. The zero-order valence-corrected chi connectivity index (χ0v) is 15.8. The number of likely N-dealkylation sites (tertiary alicyclic amines) is 1. The number of carbonyl (C=O) groups excluding carboxylic acids is 5. The second kappa shape index (κ2) is 10.9. The summed E-state index contributed by atoms with van der Waals surface area (Å²) in [7, 11) is 0. The van der Waals surface area contributed by atoms with Crippen molar-refractivity contribution >= 4 is 35.5 Å². The van der Waals surface area contributed by atoms with E-state index in [1.165, 1.54) is 4.90 Å². The molecule has 29 heavy (non-hydrogen) atoms. The molecule has 5 amide bonds. The summed E-state index contributed by atoms with van der Waals surface area (Å²) in [5.74, 6) is -4.88. The van der Waals surface area contributed by atoms with E-state index in [1.54, 1.807) is 0 Å². The Bertz CT molecular complexity index is 683. The van der Waals surface area contributed by atoms with Gasteiger partial charge in [0.25, 0.3) is 0 Å². The third-order valence-electron chi connectivity index (χ3n) is 4.32. The van der Waals surface area contributed by atoms with Gasteiger partial charge in [0.2, 0.25) is 29.5 Å². The van der Waals surface area contributed by atoms with Gasteiger partial charge in [0.15, 0.2) is 0 Å². The molecule has 162 valence electrons. The van der Waals surface area contributed by atoms with Crippen LogP contribution in [-0.4, -0.2) is 76.7 Å². The molecule has 0 aromatic heterocycles. The van der Waals surface area contributed by atoms with Crippen LogP contribution in [0.5, 0.6) is 0 Å². The van der Waals surface area contributed by atoms with Gasteiger partial charge in [0, 0.05) is 13.0 Å². The molecule has 1 aliphatic rings. The largest absolute Gasteiger partial charge is 0.480 e. The Balaban J connectivity index is 2.58. The minimum atomic E-state index is -1.51. The predicted octanol–water partition coefficient (Wildman–Crippen LogP) is -3.87. The maximum Gasteiger partial charge on any atom is 0.326 e. The van der Waals surface area contributed by atoms with Crippen molar-refractivity contribution in [1.29, 1.82) is 0 Å². The van der Waals surface area contributed by atoms with E-state index in [2.05, 4.69) is 10.6 Å². The number of carbonyl (C=O) groups is 6. The fourth-order valence-corrected chi connectivity index (χ4v) is 2.87. The van der Waals surface area contributed by atoms with E-state index in [0.717, 1.165) is 0 Å². The van der Waals surface area contributed by atoms with Crippen LogP contribution in [0.4, 0.5) is 0 Å². The lowest BCUT2D eigenvalue weighted by molar-refractivity contribution is -0.143. The molecule has 0 aromatic rings. The molecule has 9 N–H and O–H groups in total. The van der Waals surface area contributed by atoms with Gasteiger partial charge >= 0.3 is 5.97 Å². The molecule has 13 nitrogen and oxygen atoms in total. The predicted molar refractivity (Wildman–Crippen MR) is 97.5 cm³/mol. The summed E-state index contributed by atoms with van der Waals surface area (Å²) in [5.41, 5.74) is 15.7. The van der Waals surface area contributed by atoms with Crippen LogP contribution in [0.15, 0.2) is 0 Å². The first-order valence-electron chi connectivity index (χ1n) is 8.95. The molecule has 1 saturated heterocycles. The van der Waals surface area contributed by atoms with Gasteiger partial charge in [0.1, 0.15) is 12.1 Å². The van der Waals surface area contributed by atoms with E-state index < -0.39 is 66.6 Å². The van der Waals surface area contributed by atoms with Gasteiger partial charge in [-0.3, -0.25) is 24.0 Å². The number of amides is 5. The first kappa shape index (κ1) is 23.8. The number of primary amides is 2. The van der Waals surface area contributed by atoms with Gasteiger partial charge in [-0.05, 0) is 19.3 Å². The van der Waals surface area contributed by atoms with Crippen molar-refractivity contribution in [2.45, 2.75) is 50.2 Å². The van der Waals surface area contributed by atoms with Crippen molar-refractivity contribution in [2.75, 3.05) is 13.1 Å². The van der Waals surface area contributed by atoms with Crippen LogP contribution in [-0.2, 0) is 28.8 Å². The van der Waals surface area contributed by atoms with Crippen LogP contribution in [0, 0.1) is 0 Å². The first-order valence-corrected chi connectivity index (χ1v) is 8.95. The topological polar surface area (TPSA) is 228 Å². The highest BCUT2D eigenvalue weighted by atomic mass is 16.4. The van der Waals surface area contributed by atoms with Gasteiger partial charge < -0.3 is 37.8 Å². The van der Waals surface area contributed by atoms with E-state index in [-0.39, 0.29) is 12.8 Å². The minimum Gasteiger partial charge on any atom is -0.480 e. The standard InChI is InChI=1S/C16H26N6O7/c17-8(3-4-11(18)23)15(27)22-5-1-2-10(22)14(26)20-7-13(25)21-9(16(28)29)6-12(19)24/h8-10H,1-7,17H2,(H2,18,23)(H2,19,24)(H,20,26)(H,21,25)(H,28,29). The van der Waals surface area contributed by atoms with Crippen LogP contribution < -0.4 is 27.8 Å². The summed E-state index contributed by atoms with van der Waals surface area (Å²) in [5, 5.41) is 13.4. The Morgan fingerprint density at radius 1 is 1.10 bits per heavy atom. The normalized spacial score (nSPS) is 17.8. The Kier molecular flexibility index (Phi) is 8.99. The lowest BCUT2D eigenvalue weighted by Crippen LogP contribution is -2.53. The summed E-state index contributed by atoms with van der Waals surface area (Å²) < 4.78 is 0. The molecule has 1 heterocycles. The zero-order chi connectivity index (χ0) is 22.1. The molecule has 0 aliphatic carbocycles. The molecule has 0 bridgehead atoms. The number of hydrogen-bond donors (Lipinski definition) is 6. The van der Waals surface area contributed by atoms with E-state index in [9.17, 15) is 28.8 Å². The van der Waals surface area contributed by atoms with Crippen molar-refractivity contribution in [3.05, 3.63) is 0 Å². The summed E-state index contributed by atoms with van der Waals surface area (Å²) >= 11 is 0. The molecule has 3 atom stereocenters. The maximum atomic E-state index is 12.4. The van der Waals surface area contributed by atoms with Crippen LogP contribution in [0.3, 0.4) is 0 Å². The van der Waals surface area contributed by atoms with Gasteiger partial charge in [-0.15, -0.1) is 0 Å². The van der Waals surface area contributed by atoms with Gasteiger partial charge in [-0.1, -0.05) is 0 Å². The summed E-state index contributed by atoms with van der Waals surface area (Å²) in [6.07, 6.45) is 0.314. The summed E-state index contributed by atoms with van der Waals surface area (Å²) in [6, 6.07) is -3.33. The number of nitrogens with zero attached hydrogens (tertiary/aromatic N) is 1. The maximum absolute atomic E-state index is 12.4. The lowest BCUT2D eigenvalue weighted by Gasteiger charge is -2.26. The number of nitrogens with two attached hydrogens (primary N) is 3. The number of aliphatic carboxylic acids is 1. The Morgan fingerprint density at radius 3 is 2.31 bits per heavy atom. The van der Waals surface area contributed by atoms with Gasteiger partial charge in [-0.25, -0.2) is 4.79 Å². The second-order valence-corrected chi connectivity index (χ2v) is 6.65. The monoisotopic (exact) mass is 414 g/mol. The number of hydrogen-bond acceptors (Lipinski definition) is 7. The average molecular weight is 414 g/mol. The van der Waals surface area contributed by atoms with Crippen molar-refractivity contribution in [3.63, 3.8) is 0 Å². The third-order valence-corrected chi connectivity index (χ3v) is 4.32. The summed E-state index contributed by atoms with van der Waals surface area (Å²) in [6.45, 7) is -0.249. The molecule has 0 radical (unpaired) electrons. The molecule has 1 rings (SSSR count).